The van der Waals surface area contributed by atoms with Gasteiger partial charge in [-0.3, -0.25) is 9.59 Å². The van der Waals surface area contributed by atoms with E-state index in [2.05, 4.69) is 21.2 Å². The zero-order chi connectivity index (χ0) is 13.9. The molecule has 1 rings (SSSR count). The van der Waals surface area contributed by atoms with Gasteiger partial charge in [-0.05, 0) is 19.8 Å². The van der Waals surface area contributed by atoms with E-state index in [0.29, 0.717) is 0 Å². The van der Waals surface area contributed by atoms with Crippen molar-refractivity contribution in [2.45, 2.75) is 51.4 Å². The highest BCUT2D eigenvalue weighted by molar-refractivity contribution is 9.10. The number of nitrogens with zero attached hydrogens (tertiary/aromatic N) is 1. The van der Waals surface area contributed by atoms with Crippen LogP contribution in [-0.2, 0) is 9.59 Å². The Balaban J connectivity index is 2.42. The smallest absolute Gasteiger partial charge is 0.233 e. The summed E-state index contributed by atoms with van der Waals surface area (Å²) in [6.07, 6.45) is 1.68. The molecule has 1 aliphatic heterocycles. The van der Waals surface area contributed by atoms with Crippen molar-refractivity contribution in [3.8, 4) is 0 Å². The first kappa shape index (κ1) is 15.5. The minimum Gasteiger partial charge on any atom is -0.352 e. The Morgan fingerprint density at radius 1 is 1.28 bits per heavy atom. The van der Waals surface area contributed by atoms with Crippen LogP contribution in [0, 0.1) is 5.41 Å². The molecule has 1 fully saturated rings. The van der Waals surface area contributed by atoms with Gasteiger partial charge in [0, 0.05) is 24.5 Å². The minimum atomic E-state index is -0.319. The van der Waals surface area contributed by atoms with Crippen molar-refractivity contribution < 1.29 is 9.59 Å². The van der Waals surface area contributed by atoms with Crippen molar-refractivity contribution in [2.24, 2.45) is 5.41 Å². The number of halogens is 1. The van der Waals surface area contributed by atoms with Gasteiger partial charge in [0.25, 0.3) is 0 Å². The molecule has 0 radical (unpaired) electrons. The summed E-state index contributed by atoms with van der Waals surface area (Å²) in [6, 6.07) is 0.196. The lowest BCUT2D eigenvalue weighted by atomic mass is 9.93. The Labute approximate surface area is 118 Å². The highest BCUT2D eigenvalue weighted by Gasteiger charge is 2.30. The minimum absolute atomic E-state index is 0.0237. The first-order valence-electron chi connectivity index (χ1n) is 6.45. The van der Waals surface area contributed by atoms with E-state index in [9.17, 15) is 9.59 Å². The Morgan fingerprint density at radius 3 is 2.17 bits per heavy atom. The summed E-state index contributed by atoms with van der Waals surface area (Å²) >= 11 is 3.25. The van der Waals surface area contributed by atoms with Crippen LogP contribution >= 0.6 is 15.9 Å². The number of piperidine rings is 1. The molecule has 1 aliphatic rings. The van der Waals surface area contributed by atoms with Gasteiger partial charge in [-0.1, -0.05) is 36.7 Å². The fourth-order valence-corrected chi connectivity index (χ4v) is 2.15. The van der Waals surface area contributed by atoms with E-state index in [0.717, 1.165) is 25.9 Å². The molecular weight excluding hydrogens is 296 g/mol. The molecule has 5 heteroatoms. The summed E-state index contributed by atoms with van der Waals surface area (Å²) in [6.45, 7) is 9.10. The number of hydrogen-bond donors (Lipinski definition) is 1. The molecule has 1 N–H and O–H groups in total. The summed E-state index contributed by atoms with van der Waals surface area (Å²) in [5.74, 6) is 0.219. The van der Waals surface area contributed by atoms with Gasteiger partial charge in [0.1, 0.15) is 0 Å². The van der Waals surface area contributed by atoms with Gasteiger partial charge in [-0.15, -0.1) is 0 Å². The first-order chi connectivity index (χ1) is 8.21. The van der Waals surface area contributed by atoms with E-state index in [1.54, 1.807) is 0 Å². The average Bonchev–Trinajstić information content (AvgIpc) is 2.27. The number of hydrogen-bond acceptors (Lipinski definition) is 2. The maximum absolute atomic E-state index is 12.1. The number of nitrogens with one attached hydrogen (secondary N) is 1. The topological polar surface area (TPSA) is 49.4 Å². The predicted molar refractivity (Wildman–Crippen MR) is 75.6 cm³/mol. The van der Waals surface area contributed by atoms with Crippen LogP contribution in [0.1, 0.15) is 40.5 Å². The van der Waals surface area contributed by atoms with Gasteiger partial charge >= 0.3 is 0 Å². The summed E-state index contributed by atoms with van der Waals surface area (Å²) in [5.41, 5.74) is -0.319. The molecule has 104 valence electrons. The molecule has 1 unspecified atom stereocenters. The molecule has 0 spiro atoms. The van der Waals surface area contributed by atoms with Crippen LogP contribution in [0.5, 0.6) is 0 Å². The van der Waals surface area contributed by atoms with E-state index in [1.165, 1.54) is 0 Å². The van der Waals surface area contributed by atoms with Crippen LogP contribution < -0.4 is 5.32 Å². The lowest BCUT2D eigenvalue weighted by Crippen LogP contribution is -2.50. The van der Waals surface area contributed by atoms with Crippen molar-refractivity contribution in [2.75, 3.05) is 13.1 Å². The van der Waals surface area contributed by atoms with E-state index < -0.39 is 0 Å². The van der Waals surface area contributed by atoms with Crippen LogP contribution in [0.2, 0.25) is 0 Å². The normalized spacial score (nSPS) is 19.5. The van der Waals surface area contributed by atoms with Crippen molar-refractivity contribution in [1.29, 1.82) is 0 Å². The number of carbonyl (C=O) groups is 2. The third-order valence-electron chi connectivity index (χ3n) is 3.13. The Hall–Kier alpha value is -0.580. The second kappa shape index (κ2) is 6.04. The summed E-state index contributed by atoms with van der Waals surface area (Å²) in [7, 11) is 0. The lowest BCUT2D eigenvalue weighted by Gasteiger charge is -2.36. The SMILES string of the molecule is CC(Br)C(=O)NC1CCN(C(=O)C(C)(C)C)CC1. The van der Waals surface area contributed by atoms with E-state index in [1.807, 2.05) is 32.6 Å². The lowest BCUT2D eigenvalue weighted by molar-refractivity contribution is -0.140. The molecule has 4 nitrogen and oxygen atoms in total. The van der Waals surface area contributed by atoms with E-state index >= 15 is 0 Å². The standard InChI is InChI=1S/C13H23BrN2O2/c1-9(14)11(17)15-10-5-7-16(8-6-10)12(18)13(2,3)4/h9-10H,5-8H2,1-4H3,(H,15,17). The molecule has 0 aromatic carbocycles. The fourth-order valence-electron chi connectivity index (χ4n) is 2.02. The molecule has 1 heterocycles. The molecule has 0 aromatic rings. The van der Waals surface area contributed by atoms with Crippen molar-refractivity contribution in [1.82, 2.24) is 10.2 Å². The van der Waals surface area contributed by atoms with Crippen LogP contribution in [0.15, 0.2) is 0 Å². The number of alkyl halides is 1. The summed E-state index contributed by atoms with van der Waals surface area (Å²) < 4.78 is 0. The largest absolute Gasteiger partial charge is 0.352 e. The van der Waals surface area contributed by atoms with Gasteiger partial charge < -0.3 is 10.2 Å². The number of carbonyl (C=O) groups excluding carboxylic acids is 2. The van der Waals surface area contributed by atoms with Crippen LogP contribution in [-0.4, -0.2) is 40.7 Å². The van der Waals surface area contributed by atoms with Gasteiger partial charge in [-0.2, -0.15) is 0 Å². The van der Waals surface area contributed by atoms with Gasteiger partial charge in [-0.25, -0.2) is 0 Å². The Kier molecular flexibility index (Phi) is 5.20. The maximum Gasteiger partial charge on any atom is 0.233 e. The predicted octanol–water partition coefficient (Wildman–Crippen LogP) is 1.92. The monoisotopic (exact) mass is 318 g/mol. The van der Waals surface area contributed by atoms with Crippen LogP contribution in [0.3, 0.4) is 0 Å². The third-order valence-corrected chi connectivity index (χ3v) is 3.55. The first-order valence-corrected chi connectivity index (χ1v) is 7.37. The van der Waals surface area contributed by atoms with Crippen molar-refractivity contribution >= 4 is 27.7 Å². The molecule has 18 heavy (non-hydrogen) atoms. The molecule has 0 saturated carbocycles. The zero-order valence-electron chi connectivity index (χ0n) is 11.6. The Bertz CT molecular complexity index is 315. The Morgan fingerprint density at radius 2 is 1.78 bits per heavy atom. The van der Waals surface area contributed by atoms with Crippen LogP contribution in [0.4, 0.5) is 0 Å². The summed E-state index contributed by atoms with van der Waals surface area (Å²) in [4.78, 5) is 25.4. The molecule has 1 saturated heterocycles. The quantitative estimate of drug-likeness (QED) is 0.791. The molecule has 0 aromatic heterocycles. The highest BCUT2D eigenvalue weighted by Crippen LogP contribution is 2.21. The molecule has 2 amide bonds. The molecule has 1 atom stereocenters. The number of likely N-dealkylation sites (tertiary alicyclic amines) is 1. The molecule has 0 aliphatic carbocycles. The number of rotatable bonds is 2. The third kappa shape index (κ3) is 4.26. The van der Waals surface area contributed by atoms with Crippen molar-refractivity contribution in [3.63, 3.8) is 0 Å². The fraction of sp³-hybridized carbons (Fsp3) is 0.846. The van der Waals surface area contributed by atoms with Gasteiger partial charge in [0.15, 0.2) is 0 Å². The molecular formula is C13H23BrN2O2. The van der Waals surface area contributed by atoms with Crippen LogP contribution in [0.25, 0.3) is 0 Å². The molecule has 0 bridgehead atoms. The van der Waals surface area contributed by atoms with E-state index in [-0.39, 0.29) is 28.1 Å². The second-order valence-electron chi connectivity index (χ2n) is 5.94. The van der Waals surface area contributed by atoms with Gasteiger partial charge in [0.05, 0.1) is 4.83 Å². The summed E-state index contributed by atoms with van der Waals surface area (Å²) in [5, 5.41) is 2.99. The zero-order valence-corrected chi connectivity index (χ0v) is 13.2. The second-order valence-corrected chi connectivity index (χ2v) is 7.31. The maximum atomic E-state index is 12.1. The van der Waals surface area contributed by atoms with Gasteiger partial charge in [0.2, 0.25) is 11.8 Å². The van der Waals surface area contributed by atoms with E-state index in [4.69, 9.17) is 0 Å². The highest BCUT2D eigenvalue weighted by atomic mass is 79.9. The van der Waals surface area contributed by atoms with Crippen molar-refractivity contribution in [3.05, 3.63) is 0 Å². The number of amides is 2. The average molecular weight is 319 g/mol.